The predicted octanol–water partition coefficient (Wildman–Crippen LogP) is 2.29. The first kappa shape index (κ1) is 8.25. The van der Waals surface area contributed by atoms with E-state index in [1.54, 1.807) is 12.3 Å². The van der Waals surface area contributed by atoms with Gasteiger partial charge in [0.05, 0.1) is 5.39 Å². The largest absolute Gasteiger partial charge is 0.475 e. The fraction of sp³-hybridized carbons (Fsp3) is 0. The van der Waals surface area contributed by atoms with E-state index in [9.17, 15) is 4.79 Å². The van der Waals surface area contributed by atoms with Crippen molar-refractivity contribution in [1.29, 1.82) is 0 Å². The van der Waals surface area contributed by atoms with Crippen molar-refractivity contribution in [3.8, 4) is 0 Å². The van der Waals surface area contributed by atoms with Gasteiger partial charge in [0.15, 0.2) is 0 Å². The van der Waals surface area contributed by atoms with Crippen LogP contribution in [0.2, 0.25) is 0 Å². The molecule has 0 unspecified atom stereocenters. The van der Waals surface area contributed by atoms with Crippen molar-refractivity contribution in [3.63, 3.8) is 0 Å². The third kappa shape index (κ3) is 1.31. The molecule has 5 heteroatoms. The highest BCUT2D eigenvalue weighted by Crippen LogP contribution is 2.24. The molecule has 0 fully saturated rings. The number of carbonyl (C=O) groups is 1. The Labute approximate surface area is 81.3 Å². The standard InChI is InChI=1S/C8H4BrNO3/c9-7-4-3-6(8(11)12)13-5(4)1-2-10-7/h1-3H,(H,11,12). The van der Waals surface area contributed by atoms with E-state index in [1.807, 2.05) is 0 Å². The fourth-order valence-corrected chi connectivity index (χ4v) is 1.46. The zero-order chi connectivity index (χ0) is 9.42. The van der Waals surface area contributed by atoms with E-state index in [0.29, 0.717) is 15.6 Å². The average Bonchev–Trinajstić information content (AvgIpc) is 2.49. The minimum Gasteiger partial charge on any atom is -0.475 e. The second kappa shape index (κ2) is 2.85. The molecule has 1 N–H and O–H groups in total. The highest BCUT2D eigenvalue weighted by Gasteiger charge is 2.11. The summed E-state index contributed by atoms with van der Waals surface area (Å²) in [7, 11) is 0. The molecule has 0 saturated carbocycles. The van der Waals surface area contributed by atoms with Crippen molar-refractivity contribution in [3.05, 3.63) is 28.7 Å². The van der Waals surface area contributed by atoms with Gasteiger partial charge >= 0.3 is 5.97 Å². The second-order valence-electron chi connectivity index (χ2n) is 2.43. The Balaban J connectivity index is 2.75. The van der Waals surface area contributed by atoms with Gasteiger partial charge in [0.1, 0.15) is 10.2 Å². The number of carboxylic acids is 1. The molecule has 2 aromatic rings. The molecule has 0 amide bonds. The maximum Gasteiger partial charge on any atom is 0.371 e. The van der Waals surface area contributed by atoms with Crippen molar-refractivity contribution < 1.29 is 14.3 Å². The van der Waals surface area contributed by atoms with Gasteiger partial charge in [-0.15, -0.1) is 0 Å². The first-order valence-corrected chi connectivity index (χ1v) is 4.25. The predicted molar refractivity (Wildman–Crippen MR) is 48.7 cm³/mol. The summed E-state index contributed by atoms with van der Waals surface area (Å²) >= 11 is 3.20. The van der Waals surface area contributed by atoms with Crippen molar-refractivity contribution in [1.82, 2.24) is 4.98 Å². The van der Waals surface area contributed by atoms with Crippen LogP contribution >= 0.6 is 15.9 Å². The normalized spacial score (nSPS) is 10.5. The number of pyridine rings is 1. The highest BCUT2D eigenvalue weighted by atomic mass is 79.9. The summed E-state index contributed by atoms with van der Waals surface area (Å²) in [6.45, 7) is 0. The van der Waals surface area contributed by atoms with Gasteiger partial charge in [0, 0.05) is 12.3 Å². The molecule has 0 aliphatic heterocycles. The number of hydrogen-bond donors (Lipinski definition) is 1. The molecule has 66 valence electrons. The minimum absolute atomic E-state index is 0.0799. The van der Waals surface area contributed by atoms with E-state index in [2.05, 4.69) is 20.9 Å². The van der Waals surface area contributed by atoms with Gasteiger partial charge in [0.2, 0.25) is 5.76 Å². The van der Waals surface area contributed by atoms with Crippen LogP contribution in [0.25, 0.3) is 11.0 Å². The molecule has 0 aliphatic carbocycles. The summed E-state index contributed by atoms with van der Waals surface area (Å²) in [5, 5.41) is 9.31. The van der Waals surface area contributed by atoms with Gasteiger partial charge in [-0.2, -0.15) is 0 Å². The van der Waals surface area contributed by atoms with E-state index >= 15 is 0 Å². The number of aromatic carboxylic acids is 1. The Hall–Kier alpha value is -1.36. The van der Waals surface area contributed by atoms with Crippen LogP contribution < -0.4 is 0 Å². The van der Waals surface area contributed by atoms with Crippen molar-refractivity contribution >= 4 is 32.9 Å². The van der Waals surface area contributed by atoms with Crippen molar-refractivity contribution in [2.45, 2.75) is 0 Å². The summed E-state index contributed by atoms with van der Waals surface area (Å²) in [5.41, 5.74) is 0.513. The lowest BCUT2D eigenvalue weighted by Crippen LogP contribution is -1.91. The lowest BCUT2D eigenvalue weighted by Gasteiger charge is -1.87. The number of hydrogen-bond acceptors (Lipinski definition) is 3. The second-order valence-corrected chi connectivity index (χ2v) is 3.18. The molecule has 2 rings (SSSR count). The first-order chi connectivity index (χ1) is 6.18. The Bertz CT molecular complexity index is 477. The zero-order valence-corrected chi connectivity index (χ0v) is 7.91. The topological polar surface area (TPSA) is 63.3 Å². The zero-order valence-electron chi connectivity index (χ0n) is 6.32. The van der Waals surface area contributed by atoms with Crippen molar-refractivity contribution in [2.75, 3.05) is 0 Å². The van der Waals surface area contributed by atoms with Crippen LogP contribution in [0.4, 0.5) is 0 Å². The molecule has 4 nitrogen and oxygen atoms in total. The number of furan rings is 1. The molecule has 0 bridgehead atoms. The van der Waals surface area contributed by atoms with Gasteiger partial charge in [-0.25, -0.2) is 9.78 Å². The Morgan fingerprint density at radius 3 is 3.00 bits per heavy atom. The number of rotatable bonds is 1. The number of nitrogens with zero attached hydrogens (tertiary/aromatic N) is 1. The van der Waals surface area contributed by atoms with Crippen LogP contribution in [0.1, 0.15) is 10.6 Å². The summed E-state index contributed by atoms with van der Waals surface area (Å²) in [6.07, 6.45) is 1.54. The highest BCUT2D eigenvalue weighted by molar-refractivity contribution is 9.10. The summed E-state index contributed by atoms with van der Waals surface area (Å²) in [4.78, 5) is 14.5. The van der Waals surface area contributed by atoms with Gasteiger partial charge < -0.3 is 9.52 Å². The van der Waals surface area contributed by atoms with E-state index in [1.165, 1.54) is 6.07 Å². The minimum atomic E-state index is -1.08. The van der Waals surface area contributed by atoms with E-state index in [-0.39, 0.29) is 5.76 Å². The number of carboxylic acid groups (broad SMARTS) is 1. The molecule has 2 aromatic heterocycles. The summed E-state index contributed by atoms with van der Waals surface area (Å²) in [5.74, 6) is -1.16. The quantitative estimate of drug-likeness (QED) is 0.779. The summed E-state index contributed by atoms with van der Waals surface area (Å²) < 4.78 is 5.63. The molecular weight excluding hydrogens is 238 g/mol. The maximum atomic E-state index is 10.6. The van der Waals surface area contributed by atoms with Gasteiger partial charge in [0.25, 0.3) is 0 Å². The van der Waals surface area contributed by atoms with Crippen LogP contribution in [0.15, 0.2) is 27.3 Å². The molecule has 0 aliphatic rings. The SMILES string of the molecule is O=C(O)c1cc2c(Br)nccc2o1. The Morgan fingerprint density at radius 2 is 2.38 bits per heavy atom. The van der Waals surface area contributed by atoms with Crippen LogP contribution in [-0.2, 0) is 0 Å². The smallest absolute Gasteiger partial charge is 0.371 e. The van der Waals surface area contributed by atoms with Crippen LogP contribution in [0.5, 0.6) is 0 Å². The van der Waals surface area contributed by atoms with Gasteiger partial charge in [-0.05, 0) is 22.0 Å². The third-order valence-corrected chi connectivity index (χ3v) is 2.24. The average molecular weight is 242 g/mol. The van der Waals surface area contributed by atoms with E-state index < -0.39 is 5.97 Å². The molecule has 0 radical (unpaired) electrons. The number of fused-ring (bicyclic) bond motifs is 1. The lowest BCUT2D eigenvalue weighted by atomic mass is 10.3. The maximum absolute atomic E-state index is 10.6. The molecular formula is C8H4BrNO3. The molecule has 0 aromatic carbocycles. The Morgan fingerprint density at radius 1 is 1.62 bits per heavy atom. The van der Waals surface area contributed by atoms with Crippen LogP contribution in [0.3, 0.4) is 0 Å². The monoisotopic (exact) mass is 241 g/mol. The van der Waals surface area contributed by atoms with E-state index in [0.717, 1.165) is 0 Å². The first-order valence-electron chi connectivity index (χ1n) is 3.46. The lowest BCUT2D eigenvalue weighted by molar-refractivity contribution is 0.0665. The number of aromatic nitrogens is 1. The Kier molecular flexibility index (Phi) is 1.81. The van der Waals surface area contributed by atoms with Crippen molar-refractivity contribution in [2.24, 2.45) is 0 Å². The molecule has 2 heterocycles. The van der Waals surface area contributed by atoms with Crippen LogP contribution in [0, 0.1) is 0 Å². The van der Waals surface area contributed by atoms with Gasteiger partial charge in [-0.1, -0.05) is 0 Å². The van der Waals surface area contributed by atoms with Gasteiger partial charge in [-0.3, -0.25) is 0 Å². The third-order valence-electron chi connectivity index (χ3n) is 1.61. The molecule has 0 saturated heterocycles. The molecule has 13 heavy (non-hydrogen) atoms. The summed E-state index contributed by atoms with van der Waals surface area (Å²) in [6, 6.07) is 3.06. The van der Waals surface area contributed by atoms with E-state index in [4.69, 9.17) is 9.52 Å². The fourth-order valence-electron chi connectivity index (χ4n) is 1.04. The number of halogens is 1. The van der Waals surface area contributed by atoms with Crippen LogP contribution in [-0.4, -0.2) is 16.1 Å². The molecule has 0 spiro atoms. The molecule has 0 atom stereocenters.